The van der Waals surface area contributed by atoms with Crippen LogP contribution < -0.4 is 10.6 Å². The Hall–Kier alpha value is -2.64. The van der Waals surface area contributed by atoms with Gasteiger partial charge in [-0.1, -0.05) is 19.1 Å². The molecule has 1 rings (SSSR count). The van der Waals surface area contributed by atoms with Gasteiger partial charge in [0.05, 0.1) is 11.5 Å². The molecule has 0 bridgehead atoms. The molecule has 0 aliphatic rings. The highest BCUT2D eigenvalue weighted by atomic mass is 19.1. The summed E-state index contributed by atoms with van der Waals surface area (Å²) in [4.78, 5) is 35.4. The van der Waals surface area contributed by atoms with Crippen LogP contribution >= 0.6 is 0 Å². The fraction of sp³-hybridized carbons (Fsp3) is 0.400. The summed E-state index contributed by atoms with van der Waals surface area (Å²) >= 11 is 0. The molecule has 8 heteroatoms. The van der Waals surface area contributed by atoms with Crippen molar-refractivity contribution in [2.45, 2.75) is 6.92 Å². The zero-order valence-corrected chi connectivity index (χ0v) is 13.0. The van der Waals surface area contributed by atoms with Crippen molar-refractivity contribution in [3.05, 3.63) is 35.6 Å². The fourth-order valence-corrected chi connectivity index (χ4v) is 1.79. The predicted molar refractivity (Wildman–Crippen MR) is 81.6 cm³/mol. The maximum Gasteiger partial charge on any atom is 0.317 e. The van der Waals surface area contributed by atoms with Crippen molar-refractivity contribution in [2.75, 3.05) is 26.7 Å². The molecule has 0 heterocycles. The number of hydrogen-bond donors (Lipinski definition) is 3. The number of urea groups is 1. The summed E-state index contributed by atoms with van der Waals surface area (Å²) in [6.45, 7) is 1.84. The second kappa shape index (κ2) is 8.72. The predicted octanol–water partition coefficient (Wildman–Crippen LogP) is 0.918. The lowest BCUT2D eigenvalue weighted by atomic mass is 10.2. The molecule has 1 unspecified atom stereocenters. The maximum absolute atomic E-state index is 13.4. The van der Waals surface area contributed by atoms with E-state index in [1.807, 2.05) is 0 Å². The Morgan fingerprint density at radius 3 is 2.43 bits per heavy atom. The average Bonchev–Trinajstić information content (AvgIpc) is 2.51. The van der Waals surface area contributed by atoms with E-state index in [-0.39, 0.29) is 25.2 Å². The van der Waals surface area contributed by atoms with Gasteiger partial charge in [-0.3, -0.25) is 9.59 Å². The molecule has 0 aromatic heterocycles. The first kappa shape index (κ1) is 18.4. The molecular weight excluding hydrogens is 305 g/mol. The summed E-state index contributed by atoms with van der Waals surface area (Å²) in [6.07, 6.45) is 0. The number of aliphatic carboxylic acids is 1. The standard InChI is InChI=1S/C15H20FN3O4/c1-10(14(21)22)9-19(2)15(23)18-8-7-17-13(20)11-5-3-4-6-12(11)16/h3-6,10H,7-9H2,1-2H3,(H,17,20)(H,18,23)(H,21,22). The van der Waals surface area contributed by atoms with E-state index in [2.05, 4.69) is 10.6 Å². The second-order valence-corrected chi connectivity index (χ2v) is 5.09. The molecule has 0 aliphatic carbocycles. The number of hydrogen-bond acceptors (Lipinski definition) is 3. The first-order valence-corrected chi connectivity index (χ1v) is 7.07. The third-order valence-corrected chi connectivity index (χ3v) is 3.12. The van der Waals surface area contributed by atoms with E-state index in [1.165, 1.54) is 37.1 Å². The Labute approximate surface area is 133 Å². The van der Waals surface area contributed by atoms with Crippen LogP contribution in [0.3, 0.4) is 0 Å². The summed E-state index contributed by atoms with van der Waals surface area (Å²) in [5.41, 5.74) is -0.0637. The molecule has 0 spiro atoms. The van der Waals surface area contributed by atoms with Crippen LogP contribution in [0.5, 0.6) is 0 Å². The largest absolute Gasteiger partial charge is 0.481 e. The molecule has 23 heavy (non-hydrogen) atoms. The van der Waals surface area contributed by atoms with Gasteiger partial charge in [0.1, 0.15) is 5.82 Å². The Bertz CT molecular complexity index is 580. The summed E-state index contributed by atoms with van der Waals surface area (Å²) in [7, 11) is 1.48. The molecule has 3 N–H and O–H groups in total. The lowest BCUT2D eigenvalue weighted by molar-refractivity contribution is -0.141. The summed E-state index contributed by atoms with van der Waals surface area (Å²) in [5, 5.41) is 13.8. The van der Waals surface area contributed by atoms with Crippen molar-refractivity contribution in [3.8, 4) is 0 Å². The minimum atomic E-state index is -0.984. The van der Waals surface area contributed by atoms with Gasteiger partial charge >= 0.3 is 12.0 Å². The van der Waals surface area contributed by atoms with Gasteiger partial charge in [0, 0.05) is 26.7 Å². The molecule has 3 amide bonds. The number of amides is 3. The summed E-state index contributed by atoms with van der Waals surface area (Å²) in [5.74, 6) is -2.84. The summed E-state index contributed by atoms with van der Waals surface area (Å²) < 4.78 is 13.4. The van der Waals surface area contributed by atoms with Crippen LogP contribution in [0.4, 0.5) is 9.18 Å². The van der Waals surface area contributed by atoms with Crippen LogP contribution in [0.2, 0.25) is 0 Å². The lowest BCUT2D eigenvalue weighted by Gasteiger charge is -2.20. The number of benzene rings is 1. The highest BCUT2D eigenvalue weighted by Crippen LogP contribution is 2.05. The van der Waals surface area contributed by atoms with Crippen LogP contribution in [-0.2, 0) is 4.79 Å². The third-order valence-electron chi connectivity index (χ3n) is 3.12. The minimum Gasteiger partial charge on any atom is -0.481 e. The molecule has 0 saturated heterocycles. The Kier molecular flexibility index (Phi) is 6.98. The summed E-state index contributed by atoms with van der Waals surface area (Å²) in [6, 6.07) is 5.15. The lowest BCUT2D eigenvalue weighted by Crippen LogP contribution is -2.43. The number of halogens is 1. The van der Waals surface area contributed by atoms with Crippen LogP contribution in [-0.4, -0.2) is 54.6 Å². The number of carbonyl (C=O) groups is 3. The highest BCUT2D eigenvalue weighted by Gasteiger charge is 2.17. The van der Waals surface area contributed by atoms with Crippen molar-refractivity contribution in [3.63, 3.8) is 0 Å². The minimum absolute atomic E-state index is 0.0637. The van der Waals surface area contributed by atoms with Gasteiger partial charge in [-0.05, 0) is 12.1 Å². The maximum atomic E-state index is 13.4. The SMILES string of the molecule is CC(CN(C)C(=O)NCCNC(=O)c1ccccc1F)C(=O)O. The van der Waals surface area contributed by atoms with E-state index in [4.69, 9.17) is 5.11 Å². The normalized spacial score (nSPS) is 11.4. The van der Waals surface area contributed by atoms with E-state index >= 15 is 0 Å². The number of carboxylic acid groups (broad SMARTS) is 1. The van der Waals surface area contributed by atoms with Crippen LogP contribution in [0.1, 0.15) is 17.3 Å². The molecule has 1 aromatic rings. The van der Waals surface area contributed by atoms with Crippen molar-refractivity contribution in [1.29, 1.82) is 0 Å². The number of carbonyl (C=O) groups excluding carboxylic acids is 2. The quantitative estimate of drug-likeness (QED) is 0.649. The molecule has 0 fully saturated rings. The topological polar surface area (TPSA) is 98.7 Å². The third kappa shape index (κ3) is 5.93. The van der Waals surface area contributed by atoms with Gasteiger partial charge in [0.2, 0.25) is 0 Å². The zero-order valence-electron chi connectivity index (χ0n) is 13.0. The first-order valence-electron chi connectivity index (χ1n) is 7.07. The van der Waals surface area contributed by atoms with Gasteiger partial charge < -0.3 is 20.6 Å². The average molecular weight is 325 g/mol. The van der Waals surface area contributed by atoms with Crippen LogP contribution in [0.25, 0.3) is 0 Å². The molecule has 1 atom stereocenters. The van der Waals surface area contributed by atoms with Gasteiger partial charge in [-0.2, -0.15) is 0 Å². The van der Waals surface area contributed by atoms with Crippen molar-refractivity contribution in [2.24, 2.45) is 5.92 Å². The smallest absolute Gasteiger partial charge is 0.317 e. The molecule has 1 aromatic carbocycles. The number of rotatable bonds is 7. The number of nitrogens with one attached hydrogen (secondary N) is 2. The van der Waals surface area contributed by atoms with Gasteiger partial charge in [-0.25, -0.2) is 9.18 Å². The van der Waals surface area contributed by atoms with E-state index in [0.29, 0.717) is 0 Å². The van der Waals surface area contributed by atoms with Crippen LogP contribution in [0.15, 0.2) is 24.3 Å². The molecule has 0 radical (unpaired) electrons. The van der Waals surface area contributed by atoms with Gasteiger partial charge in [-0.15, -0.1) is 0 Å². The Morgan fingerprint density at radius 2 is 1.83 bits per heavy atom. The van der Waals surface area contributed by atoms with E-state index in [0.717, 1.165) is 0 Å². The van der Waals surface area contributed by atoms with Crippen molar-refractivity contribution in [1.82, 2.24) is 15.5 Å². The molecule has 126 valence electrons. The second-order valence-electron chi connectivity index (χ2n) is 5.09. The Balaban J connectivity index is 2.31. The van der Waals surface area contributed by atoms with Gasteiger partial charge in [0.25, 0.3) is 5.91 Å². The molecular formula is C15H20FN3O4. The van der Waals surface area contributed by atoms with E-state index in [1.54, 1.807) is 6.07 Å². The molecule has 0 saturated carbocycles. The van der Waals surface area contributed by atoms with E-state index < -0.39 is 29.6 Å². The van der Waals surface area contributed by atoms with Crippen molar-refractivity contribution >= 4 is 17.9 Å². The number of carboxylic acids is 1. The van der Waals surface area contributed by atoms with E-state index in [9.17, 15) is 18.8 Å². The highest BCUT2D eigenvalue weighted by molar-refractivity contribution is 5.94. The monoisotopic (exact) mass is 325 g/mol. The molecule has 0 aliphatic heterocycles. The van der Waals surface area contributed by atoms with Crippen molar-refractivity contribution < 1.29 is 23.9 Å². The van der Waals surface area contributed by atoms with Gasteiger partial charge in [0.15, 0.2) is 0 Å². The Morgan fingerprint density at radius 1 is 1.22 bits per heavy atom. The number of nitrogens with zero attached hydrogens (tertiary/aromatic N) is 1. The fourth-order valence-electron chi connectivity index (χ4n) is 1.79. The molecule has 7 nitrogen and oxygen atoms in total. The zero-order chi connectivity index (χ0) is 17.4. The first-order chi connectivity index (χ1) is 10.8. The van der Waals surface area contributed by atoms with Crippen LogP contribution in [0, 0.1) is 11.7 Å².